The fourth-order valence-electron chi connectivity index (χ4n) is 0.878. The molecule has 0 radical (unpaired) electrons. The maximum atomic E-state index is 10.6. The molecular weight excluding hydrogens is 170 g/mol. The predicted molar refractivity (Wildman–Crippen MR) is 49.8 cm³/mol. The highest BCUT2D eigenvalue weighted by molar-refractivity contribution is 8.13. The van der Waals surface area contributed by atoms with Crippen molar-refractivity contribution in [1.29, 1.82) is 0 Å². The van der Waals surface area contributed by atoms with E-state index in [1.54, 1.807) is 6.92 Å². The molecule has 64 valence electrons. The molecule has 0 aliphatic heterocycles. The van der Waals surface area contributed by atoms with Crippen molar-refractivity contribution in [2.24, 2.45) is 0 Å². The Hall–Kier alpha value is -0.830. The standard InChI is InChI=1S/C9H12NOS/c1-9(11)12-8-7-10-5-3-2-4-6-10/h2-6H,7-8H2,1H3/q+1. The highest BCUT2D eigenvalue weighted by Gasteiger charge is 1.99. The number of rotatable bonds is 3. The lowest BCUT2D eigenvalue weighted by molar-refractivity contribution is -0.692. The van der Waals surface area contributed by atoms with Gasteiger partial charge in [0.1, 0.15) is 0 Å². The Kier molecular flexibility index (Phi) is 3.80. The molecule has 1 aromatic rings. The Labute approximate surface area is 76.6 Å². The van der Waals surface area contributed by atoms with Crippen LogP contribution in [0.4, 0.5) is 0 Å². The number of carbonyl (C=O) groups is 1. The third kappa shape index (κ3) is 3.53. The SMILES string of the molecule is CC(=O)SCC[n+]1ccccc1. The van der Waals surface area contributed by atoms with Crippen LogP contribution >= 0.6 is 11.8 Å². The van der Waals surface area contributed by atoms with Crippen LogP contribution in [0.1, 0.15) is 6.92 Å². The van der Waals surface area contributed by atoms with E-state index >= 15 is 0 Å². The number of aromatic nitrogens is 1. The number of thioether (sulfide) groups is 1. The minimum absolute atomic E-state index is 0.187. The van der Waals surface area contributed by atoms with Gasteiger partial charge in [0, 0.05) is 19.1 Å². The molecule has 0 aliphatic rings. The first-order valence-electron chi connectivity index (χ1n) is 3.86. The van der Waals surface area contributed by atoms with E-state index in [4.69, 9.17) is 0 Å². The van der Waals surface area contributed by atoms with Gasteiger partial charge in [-0.15, -0.1) is 0 Å². The zero-order valence-corrected chi connectivity index (χ0v) is 7.88. The molecule has 0 atom stereocenters. The second-order valence-electron chi connectivity index (χ2n) is 2.45. The minimum atomic E-state index is 0.187. The molecule has 0 spiro atoms. The highest BCUT2D eigenvalue weighted by atomic mass is 32.2. The number of hydrogen-bond acceptors (Lipinski definition) is 2. The Morgan fingerprint density at radius 1 is 1.33 bits per heavy atom. The van der Waals surface area contributed by atoms with Gasteiger partial charge >= 0.3 is 0 Å². The Morgan fingerprint density at radius 2 is 2.00 bits per heavy atom. The van der Waals surface area contributed by atoms with E-state index in [-0.39, 0.29) is 5.12 Å². The quantitative estimate of drug-likeness (QED) is 0.656. The third-order valence-electron chi connectivity index (χ3n) is 1.43. The molecule has 0 bridgehead atoms. The van der Waals surface area contributed by atoms with Crippen LogP contribution in [0.5, 0.6) is 0 Å². The van der Waals surface area contributed by atoms with Crippen LogP contribution < -0.4 is 4.57 Å². The van der Waals surface area contributed by atoms with Crippen molar-refractivity contribution in [2.75, 3.05) is 5.75 Å². The van der Waals surface area contributed by atoms with Gasteiger partial charge in [-0.2, -0.15) is 0 Å². The molecule has 0 amide bonds. The molecule has 1 rings (SSSR count). The molecule has 0 N–H and O–H groups in total. The van der Waals surface area contributed by atoms with Gasteiger partial charge in [-0.3, -0.25) is 4.79 Å². The first-order chi connectivity index (χ1) is 5.79. The molecule has 0 aromatic carbocycles. The molecule has 0 aliphatic carbocycles. The van der Waals surface area contributed by atoms with Crippen molar-refractivity contribution >= 4 is 16.9 Å². The number of hydrogen-bond donors (Lipinski definition) is 0. The number of nitrogens with zero attached hydrogens (tertiary/aromatic N) is 1. The molecule has 0 fully saturated rings. The largest absolute Gasteiger partial charge is 0.288 e. The summed E-state index contributed by atoms with van der Waals surface area (Å²) in [7, 11) is 0. The predicted octanol–water partition coefficient (Wildman–Crippen LogP) is 1.25. The fraction of sp³-hybridized carbons (Fsp3) is 0.333. The first kappa shape index (κ1) is 9.26. The topological polar surface area (TPSA) is 20.9 Å². The van der Waals surface area contributed by atoms with E-state index in [0.29, 0.717) is 0 Å². The molecule has 1 heterocycles. The summed E-state index contributed by atoms with van der Waals surface area (Å²) in [6, 6.07) is 5.95. The van der Waals surface area contributed by atoms with E-state index in [9.17, 15) is 4.79 Å². The highest BCUT2D eigenvalue weighted by Crippen LogP contribution is 1.98. The molecule has 0 saturated carbocycles. The van der Waals surface area contributed by atoms with E-state index in [0.717, 1.165) is 12.3 Å². The first-order valence-corrected chi connectivity index (χ1v) is 4.85. The summed E-state index contributed by atoms with van der Waals surface area (Å²) < 4.78 is 2.07. The second-order valence-corrected chi connectivity index (χ2v) is 3.73. The van der Waals surface area contributed by atoms with Gasteiger partial charge in [0.25, 0.3) is 0 Å². The lowest BCUT2D eigenvalue weighted by atomic mass is 10.5. The lowest BCUT2D eigenvalue weighted by Gasteiger charge is -1.93. The average molecular weight is 182 g/mol. The Bertz CT molecular complexity index is 248. The zero-order chi connectivity index (χ0) is 8.81. The van der Waals surface area contributed by atoms with Crippen LogP contribution in [-0.2, 0) is 11.3 Å². The number of aryl methyl sites for hydroxylation is 1. The number of carbonyl (C=O) groups excluding carboxylic acids is 1. The van der Waals surface area contributed by atoms with Crippen molar-refractivity contribution in [3.05, 3.63) is 30.6 Å². The van der Waals surface area contributed by atoms with Gasteiger partial charge in [-0.25, -0.2) is 4.57 Å². The molecular formula is C9H12NOS+. The Balaban J connectivity index is 2.29. The molecule has 0 saturated heterocycles. The molecule has 2 nitrogen and oxygen atoms in total. The van der Waals surface area contributed by atoms with E-state index in [1.165, 1.54) is 11.8 Å². The van der Waals surface area contributed by atoms with Crippen LogP contribution in [0.15, 0.2) is 30.6 Å². The monoisotopic (exact) mass is 182 g/mol. The van der Waals surface area contributed by atoms with Gasteiger partial charge in [-0.1, -0.05) is 17.8 Å². The average Bonchev–Trinajstić information content (AvgIpc) is 2.05. The summed E-state index contributed by atoms with van der Waals surface area (Å²) in [6.07, 6.45) is 4.00. The molecule has 12 heavy (non-hydrogen) atoms. The Morgan fingerprint density at radius 3 is 2.58 bits per heavy atom. The summed E-state index contributed by atoms with van der Waals surface area (Å²) in [5, 5.41) is 0.187. The van der Waals surface area contributed by atoms with Gasteiger partial charge < -0.3 is 0 Å². The van der Waals surface area contributed by atoms with Crippen LogP contribution in [0, 0.1) is 0 Å². The van der Waals surface area contributed by atoms with Gasteiger partial charge in [0.2, 0.25) is 0 Å². The smallest absolute Gasteiger partial charge is 0.186 e. The van der Waals surface area contributed by atoms with Gasteiger partial charge in [-0.05, 0) is 0 Å². The van der Waals surface area contributed by atoms with Crippen molar-refractivity contribution in [2.45, 2.75) is 13.5 Å². The summed E-state index contributed by atoms with van der Waals surface area (Å²) in [4.78, 5) is 10.6. The van der Waals surface area contributed by atoms with E-state index in [2.05, 4.69) is 4.57 Å². The van der Waals surface area contributed by atoms with Gasteiger partial charge in [0.05, 0.1) is 5.75 Å². The summed E-state index contributed by atoms with van der Waals surface area (Å²) >= 11 is 1.37. The normalized spacial score (nSPS) is 9.75. The maximum absolute atomic E-state index is 10.6. The molecule has 3 heteroatoms. The minimum Gasteiger partial charge on any atom is -0.288 e. The second kappa shape index (κ2) is 4.93. The van der Waals surface area contributed by atoms with E-state index in [1.807, 2.05) is 30.6 Å². The van der Waals surface area contributed by atoms with Crippen LogP contribution in [0.3, 0.4) is 0 Å². The third-order valence-corrected chi connectivity index (χ3v) is 2.23. The van der Waals surface area contributed by atoms with Crippen LogP contribution in [-0.4, -0.2) is 10.9 Å². The molecule has 1 aromatic heterocycles. The van der Waals surface area contributed by atoms with Crippen molar-refractivity contribution < 1.29 is 9.36 Å². The van der Waals surface area contributed by atoms with Gasteiger partial charge in [0.15, 0.2) is 24.1 Å². The summed E-state index contributed by atoms with van der Waals surface area (Å²) in [6.45, 7) is 2.49. The van der Waals surface area contributed by atoms with E-state index < -0.39 is 0 Å². The number of pyridine rings is 1. The van der Waals surface area contributed by atoms with Crippen molar-refractivity contribution in [1.82, 2.24) is 0 Å². The van der Waals surface area contributed by atoms with Crippen molar-refractivity contribution in [3.8, 4) is 0 Å². The summed E-state index contributed by atoms with van der Waals surface area (Å²) in [5.74, 6) is 0.851. The lowest BCUT2D eigenvalue weighted by Crippen LogP contribution is -2.33. The van der Waals surface area contributed by atoms with Crippen LogP contribution in [0.2, 0.25) is 0 Å². The van der Waals surface area contributed by atoms with Crippen molar-refractivity contribution in [3.63, 3.8) is 0 Å². The summed E-state index contributed by atoms with van der Waals surface area (Å²) in [5.41, 5.74) is 0. The fourth-order valence-corrected chi connectivity index (χ4v) is 1.47. The maximum Gasteiger partial charge on any atom is 0.186 e. The molecule has 0 unspecified atom stereocenters. The van der Waals surface area contributed by atoms with Crippen LogP contribution in [0.25, 0.3) is 0 Å². The zero-order valence-electron chi connectivity index (χ0n) is 7.06.